The average Bonchev–Trinajstić information content (AvgIpc) is 2.55. The summed E-state index contributed by atoms with van der Waals surface area (Å²) < 4.78 is 29.2. The second-order valence-electron chi connectivity index (χ2n) is 5.50. The summed E-state index contributed by atoms with van der Waals surface area (Å²) in [5.74, 6) is -0.117. The molecule has 134 valence electrons. The highest BCUT2D eigenvalue weighted by atomic mass is 31.2. The molecule has 1 aromatic carbocycles. The zero-order chi connectivity index (χ0) is 18.3. The van der Waals surface area contributed by atoms with E-state index in [1.807, 2.05) is 0 Å². The van der Waals surface area contributed by atoms with E-state index in [-0.39, 0.29) is 12.0 Å². The molecule has 0 aliphatic rings. The molecule has 25 heavy (non-hydrogen) atoms. The van der Waals surface area contributed by atoms with Crippen molar-refractivity contribution in [2.45, 2.75) is 32.9 Å². The van der Waals surface area contributed by atoms with Crippen LogP contribution in [0.25, 0.3) is 0 Å². The highest BCUT2D eigenvalue weighted by Crippen LogP contribution is 2.44. The van der Waals surface area contributed by atoms with Crippen LogP contribution in [-0.2, 0) is 14.1 Å². The Morgan fingerprint density at radius 3 is 2.32 bits per heavy atom. The number of hydrogen-bond donors (Lipinski definition) is 1. The molecule has 0 radical (unpaired) electrons. The van der Waals surface area contributed by atoms with Gasteiger partial charge in [-0.15, -0.1) is 0 Å². The summed E-state index contributed by atoms with van der Waals surface area (Å²) in [5.41, 5.74) is 0. The number of esters is 1. The number of para-hydroxylation sites is 1. The van der Waals surface area contributed by atoms with Gasteiger partial charge in [0, 0.05) is 12.3 Å². The number of pyridine rings is 1. The molecule has 7 nitrogen and oxygen atoms in total. The van der Waals surface area contributed by atoms with Gasteiger partial charge < -0.3 is 13.8 Å². The molecule has 0 amide bonds. The predicted molar refractivity (Wildman–Crippen MR) is 93.4 cm³/mol. The number of rotatable bonds is 8. The van der Waals surface area contributed by atoms with Gasteiger partial charge in [-0.1, -0.05) is 24.3 Å². The Labute approximate surface area is 146 Å². The third kappa shape index (κ3) is 6.21. The van der Waals surface area contributed by atoms with Crippen LogP contribution in [0.3, 0.4) is 0 Å². The number of carbonyl (C=O) groups excluding carboxylic acids is 1. The smallest absolute Gasteiger partial charge is 0.462 e. The van der Waals surface area contributed by atoms with Crippen molar-refractivity contribution in [1.82, 2.24) is 10.1 Å². The van der Waals surface area contributed by atoms with Crippen LogP contribution in [0.4, 0.5) is 0 Å². The molecule has 0 unspecified atom stereocenters. The van der Waals surface area contributed by atoms with E-state index in [4.69, 9.17) is 13.8 Å². The summed E-state index contributed by atoms with van der Waals surface area (Å²) in [6.45, 7) is 4.98. The maximum absolute atomic E-state index is 13.1. The lowest BCUT2D eigenvalue weighted by Crippen LogP contribution is -2.36. The Kier molecular flexibility index (Phi) is 6.56. The fourth-order valence-corrected chi connectivity index (χ4v) is 3.32. The number of carbonyl (C=O) groups is 1. The maximum atomic E-state index is 13.1. The van der Waals surface area contributed by atoms with Crippen molar-refractivity contribution in [3.63, 3.8) is 0 Å². The van der Waals surface area contributed by atoms with Crippen molar-refractivity contribution >= 4 is 13.7 Å². The molecule has 0 spiro atoms. The first-order valence-electron chi connectivity index (χ1n) is 7.81. The molecule has 0 saturated carbocycles. The molecule has 2 rings (SSSR count). The Morgan fingerprint density at radius 2 is 1.72 bits per heavy atom. The normalized spacial score (nSPS) is 14.4. The monoisotopic (exact) mass is 364 g/mol. The Bertz CT molecular complexity index is 679. The van der Waals surface area contributed by atoms with Crippen LogP contribution in [0.2, 0.25) is 0 Å². The lowest BCUT2D eigenvalue weighted by Gasteiger charge is -2.23. The molecule has 2 aromatic rings. The first-order valence-corrected chi connectivity index (χ1v) is 9.36. The Hall–Kier alpha value is -2.37. The summed E-state index contributed by atoms with van der Waals surface area (Å²) in [6, 6.07) is 12.6. The molecule has 1 aromatic heterocycles. The van der Waals surface area contributed by atoms with Crippen LogP contribution >= 0.6 is 7.75 Å². The third-order valence-corrected chi connectivity index (χ3v) is 4.46. The number of nitrogens with zero attached hydrogens (tertiary/aromatic N) is 1. The summed E-state index contributed by atoms with van der Waals surface area (Å²) in [6.07, 6.45) is 1.21. The van der Waals surface area contributed by atoms with E-state index in [0.29, 0.717) is 5.75 Å². The van der Waals surface area contributed by atoms with Crippen molar-refractivity contribution in [3.8, 4) is 11.6 Å². The highest BCUT2D eigenvalue weighted by molar-refractivity contribution is 7.52. The topological polar surface area (TPSA) is 86.8 Å². The van der Waals surface area contributed by atoms with Gasteiger partial charge in [-0.25, -0.2) is 9.55 Å². The zero-order valence-electron chi connectivity index (χ0n) is 14.3. The molecule has 0 aliphatic carbocycles. The number of ether oxygens (including phenoxy) is 1. The van der Waals surface area contributed by atoms with Gasteiger partial charge in [0.05, 0.1) is 6.10 Å². The molecular formula is C17H21N2O5P. The quantitative estimate of drug-likeness (QED) is 0.566. The molecule has 2 atom stereocenters. The standard InChI is InChI=1S/C17H21N2O5P/c1-13(2)22-17(20)14(3)19-25(21,23-15-9-5-4-6-10-15)24-16-11-7-8-12-18-16/h4-14H,1-3H3,(H,19,21)/t14-,25+/m0/s1. The van der Waals surface area contributed by atoms with E-state index in [1.165, 1.54) is 13.1 Å². The van der Waals surface area contributed by atoms with E-state index < -0.39 is 19.8 Å². The largest absolute Gasteiger partial charge is 0.514 e. The van der Waals surface area contributed by atoms with Gasteiger partial charge in [0.15, 0.2) is 0 Å². The molecule has 1 N–H and O–H groups in total. The molecule has 1 heterocycles. The minimum absolute atomic E-state index is 0.110. The summed E-state index contributed by atoms with van der Waals surface area (Å²) >= 11 is 0. The van der Waals surface area contributed by atoms with Gasteiger partial charge in [-0.2, -0.15) is 5.09 Å². The molecule has 8 heteroatoms. The fourth-order valence-electron chi connectivity index (χ4n) is 1.84. The van der Waals surface area contributed by atoms with Crippen LogP contribution in [0.15, 0.2) is 54.7 Å². The summed E-state index contributed by atoms with van der Waals surface area (Å²) in [4.78, 5) is 16.0. The lowest BCUT2D eigenvalue weighted by molar-refractivity contribution is -0.149. The zero-order valence-corrected chi connectivity index (χ0v) is 15.2. The molecular weight excluding hydrogens is 343 g/mol. The minimum Gasteiger partial charge on any atom is -0.462 e. The van der Waals surface area contributed by atoms with Crippen molar-refractivity contribution in [2.24, 2.45) is 0 Å². The first kappa shape index (κ1) is 19.0. The first-order chi connectivity index (χ1) is 11.9. The average molecular weight is 364 g/mol. The SMILES string of the molecule is CC(C)OC(=O)[C@H](C)N[P@@](=O)(Oc1ccccc1)Oc1ccccn1. The van der Waals surface area contributed by atoms with Crippen LogP contribution in [0, 0.1) is 0 Å². The number of nitrogens with one attached hydrogen (secondary N) is 1. The summed E-state index contributed by atoms with van der Waals surface area (Å²) in [5, 5.41) is 2.59. The van der Waals surface area contributed by atoms with Crippen molar-refractivity contribution in [3.05, 3.63) is 54.7 Å². The van der Waals surface area contributed by atoms with E-state index in [0.717, 1.165) is 0 Å². The van der Waals surface area contributed by atoms with Crippen LogP contribution < -0.4 is 14.1 Å². The Morgan fingerprint density at radius 1 is 1.04 bits per heavy atom. The van der Waals surface area contributed by atoms with Crippen LogP contribution in [0.1, 0.15) is 20.8 Å². The van der Waals surface area contributed by atoms with Crippen molar-refractivity contribution in [2.75, 3.05) is 0 Å². The molecule has 0 bridgehead atoms. The molecule has 0 aliphatic heterocycles. The van der Waals surface area contributed by atoms with Crippen LogP contribution in [0.5, 0.6) is 11.6 Å². The number of hydrogen-bond acceptors (Lipinski definition) is 6. The van der Waals surface area contributed by atoms with Crippen LogP contribution in [-0.4, -0.2) is 23.1 Å². The predicted octanol–water partition coefficient (Wildman–Crippen LogP) is 3.58. The second kappa shape index (κ2) is 8.65. The van der Waals surface area contributed by atoms with Gasteiger partial charge in [-0.3, -0.25) is 4.79 Å². The van der Waals surface area contributed by atoms with Crippen molar-refractivity contribution < 1.29 is 23.1 Å². The lowest BCUT2D eigenvalue weighted by atomic mass is 10.3. The van der Waals surface area contributed by atoms with Gasteiger partial charge in [0.25, 0.3) is 0 Å². The molecule has 0 saturated heterocycles. The second-order valence-corrected chi connectivity index (χ2v) is 7.12. The third-order valence-electron chi connectivity index (χ3n) is 2.88. The maximum Gasteiger partial charge on any atom is 0.514 e. The fraction of sp³-hybridized carbons (Fsp3) is 0.294. The number of benzene rings is 1. The van der Waals surface area contributed by atoms with E-state index in [1.54, 1.807) is 62.4 Å². The minimum atomic E-state index is -3.93. The van der Waals surface area contributed by atoms with E-state index in [2.05, 4.69) is 10.1 Å². The van der Waals surface area contributed by atoms with Gasteiger partial charge in [-0.05, 0) is 39.0 Å². The van der Waals surface area contributed by atoms with E-state index >= 15 is 0 Å². The summed E-state index contributed by atoms with van der Waals surface area (Å²) in [7, 11) is -3.93. The van der Waals surface area contributed by atoms with Gasteiger partial charge >= 0.3 is 13.7 Å². The highest BCUT2D eigenvalue weighted by Gasteiger charge is 2.34. The van der Waals surface area contributed by atoms with E-state index in [9.17, 15) is 9.36 Å². The Balaban J connectivity index is 2.19. The number of aromatic nitrogens is 1. The van der Waals surface area contributed by atoms with Gasteiger partial charge in [0.1, 0.15) is 11.8 Å². The molecule has 0 fully saturated rings. The van der Waals surface area contributed by atoms with Crippen molar-refractivity contribution in [1.29, 1.82) is 0 Å². The van der Waals surface area contributed by atoms with Gasteiger partial charge in [0.2, 0.25) is 5.88 Å².